The number of hydrogen-bond acceptors (Lipinski definition) is 5. The van der Waals surface area contributed by atoms with Gasteiger partial charge in [-0.25, -0.2) is 9.97 Å². The van der Waals surface area contributed by atoms with Crippen LogP contribution in [-0.2, 0) is 56.4 Å². The van der Waals surface area contributed by atoms with Crippen molar-refractivity contribution >= 4 is 60.8 Å². The van der Waals surface area contributed by atoms with E-state index < -0.39 is 0 Å². The highest BCUT2D eigenvalue weighted by atomic mass is 79.9. The van der Waals surface area contributed by atoms with E-state index in [1.165, 1.54) is 50.2 Å². The molecule has 1 atom stereocenters. The molecule has 0 bridgehead atoms. The van der Waals surface area contributed by atoms with Crippen molar-refractivity contribution in [3.05, 3.63) is 149 Å². The Morgan fingerprint density at radius 3 is 1.96 bits per heavy atom. The van der Waals surface area contributed by atoms with Gasteiger partial charge in [0.1, 0.15) is 17.4 Å². The Kier molecular flexibility index (Phi) is 12.0. The third-order valence-electron chi connectivity index (χ3n) is 11.0. The first kappa shape index (κ1) is 38.3. The van der Waals surface area contributed by atoms with Crippen LogP contribution < -0.4 is 5.32 Å². The second kappa shape index (κ2) is 17.3. The summed E-state index contributed by atoms with van der Waals surface area (Å²) in [4.78, 5) is 30.1. The van der Waals surface area contributed by atoms with Crippen molar-refractivity contribution in [2.75, 3.05) is 13.1 Å². The molecule has 2 aliphatic carbocycles. The van der Waals surface area contributed by atoms with Gasteiger partial charge in [-0.1, -0.05) is 104 Å². The SMILES string of the molecule is Clc1ccccc1-c1nc2c([nH]1)CN(C1CCc3cccc(Br)c3C1)CC2.Clc1ccccc1-c1nc2c([nH]1)CNCC2.O=C1CCc2cccc(Br)c2C1. The molecule has 0 spiro atoms. The summed E-state index contributed by atoms with van der Waals surface area (Å²) < 4.78 is 2.33. The van der Waals surface area contributed by atoms with Crippen LogP contribution in [0.5, 0.6) is 0 Å². The van der Waals surface area contributed by atoms with Crippen molar-refractivity contribution in [2.24, 2.45) is 0 Å². The van der Waals surface area contributed by atoms with Crippen LogP contribution in [0.3, 0.4) is 0 Å². The largest absolute Gasteiger partial charge is 0.341 e. The van der Waals surface area contributed by atoms with Crippen molar-refractivity contribution in [1.82, 2.24) is 30.2 Å². The van der Waals surface area contributed by atoms with Gasteiger partial charge in [0.2, 0.25) is 0 Å². The van der Waals surface area contributed by atoms with Crippen molar-refractivity contribution < 1.29 is 4.79 Å². The maximum absolute atomic E-state index is 11.2. The topological polar surface area (TPSA) is 89.7 Å². The van der Waals surface area contributed by atoms with E-state index in [0.717, 1.165) is 101 Å². The lowest BCUT2D eigenvalue weighted by atomic mass is 9.87. The van der Waals surface area contributed by atoms with Gasteiger partial charge < -0.3 is 15.3 Å². The molecule has 2 aromatic heterocycles. The predicted octanol–water partition coefficient (Wildman–Crippen LogP) is 10.3. The number of aromatic amines is 2. The van der Waals surface area contributed by atoms with Gasteiger partial charge >= 0.3 is 0 Å². The predicted molar refractivity (Wildman–Crippen MR) is 229 cm³/mol. The number of benzene rings is 4. The number of hydrogen-bond donors (Lipinski definition) is 3. The molecule has 0 saturated heterocycles. The van der Waals surface area contributed by atoms with Gasteiger partial charge in [-0.05, 0) is 84.3 Å². The number of nitrogens with zero attached hydrogens (tertiary/aromatic N) is 3. The highest BCUT2D eigenvalue weighted by molar-refractivity contribution is 9.10. The van der Waals surface area contributed by atoms with E-state index in [-0.39, 0.29) is 0 Å². The average molecular weight is 902 g/mol. The maximum Gasteiger partial charge on any atom is 0.139 e. The Bertz CT molecular complexity index is 2310. The zero-order chi connectivity index (χ0) is 37.9. The molecule has 2 aliphatic heterocycles. The van der Waals surface area contributed by atoms with Gasteiger partial charge in [-0.3, -0.25) is 9.69 Å². The summed E-state index contributed by atoms with van der Waals surface area (Å²) in [7, 11) is 0. The Labute approximate surface area is 348 Å². The molecule has 11 heteroatoms. The van der Waals surface area contributed by atoms with Crippen LogP contribution in [0.15, 0.2) is 93.9 Å². The van der Waals surface area contributed by atoms with Crippen LogP contribution in [0.2, 0.25) is 10.0 Å². The molecule has 4 aromatic carbocycles. The number of imidazole rings is 2. The monoisotopic (exact) mass is 898 g/mol. The minimum Gasteiger partial charge on any atom is -0.341 e. The van der Waals surface area contributed by atoms with Crippen LogP contribution in [0.25, 0.3) is 22.8 Å². The summed E-state index contributed by atoms with van der Waals surface area (Å²) in [5.41, 5.74) is 12.2. The zero-order valence-corrected chi connectivity index (χ0v) is 35.1. The molecule has 4 aliphatic rings. The highest BCUT2D eigenvalue weighted by Gasteiger charge is 2.30. The molecule has 282 valence electrons. The lowest BCUT2D eigenvalue weighted by Crippen LogP contribution is -2.42. The number of aromatic nitrogens is 4. The Balaban J connectivity index is 0.000000129. The summed E-state index contributed by atoms with van der Waals surface area (Å²) in [5, 5.41) is 4.80. The summed E-state index contributed by atoms with van der Waals surface area (Å²) in [5.74, 6) is 2.12. The molecule has 1 unspecified atom stereocenters. The van der Waals surface area contributed by atoms with Crippen LogP contribution in [0.1, 0.15) is 57.9 Å². The fourth-order valence-electron chi connectivity index (χ4n) is 8.04. The van der Waals surface area contributed by atoms with Crippen molar-refractivity contribution in [3.63, 3.8) is 0 Å². The number of H-pyrrole nitrogens is 2. The standard InChI is InChI=1S/C22H21BrClN3.C12H12ClN3.C10H9BrO/c23-18-6-3-4-14-8-9-15(12-17(14)18)27-11-10-20-21(13-27)26-22(25-20)16-5-1-2-7-19(16)24;13-9-4-2-1-3-8(9)12-15-10-5-6-14-7-11(10)16-12;11-10-3-1-2-7-4-5-8(12)6-9(7)10/h1-7,15H,8-13H2,(H,25,26);1-4,14H,5-7H2,(H,15,16);1-3H,4-6H2. The summed E-state index contributed by atoms with van der Waals surface area (Å²) in [6, 6.07) is 29.0. The molecule has 0 radical (unpaired) electrons. The Morgan fingerprint density at radius 2 is 1.29 bits per heavy atom. The van der Waals surface area contributed by atoms with E-state index >= 15 is 0 Å². The number of aryl methyl sites for hydroxylation is 2. The van der Waals surface area contributed by atoms with Gasteiger partial charge in [-0.15, -0.1) is 0 Å². The summed E-state index contributed by atoms with van der Waals surface area (Å²) >= 11 is 19.7. The number of halogens is 4. The molecule has 10 rings (SSSR count). The van der Waals surface area contributed by atoms with Gasteiger partial charge in [0.05, 0.1) is 32.8 Å². The molecule has 55 heavy (non-hydrogen) atoms. The van der Waals surface area contributed by atoms with Gasteiger partial charge in [-0.2, -0.15) is 0 Å². The molecule has 3 N–H and O–H groups in total. The molecular weight excluding hydrogens is 859 g/mol. The second-order valence-corrected chi connectivity index (χ2v) is 17.0. The average Bonchev–Trinajstić information content (AvgIpc) is 3.84. The van der Waals surface area contributed by atoms with Crippen LogP contribution in [0.4, 0.5) is 0 Å². The molecule has 0 saturated carbocycles. The molecule has 6 aromatic rings. The molecular formula is C44H42Br2Cl2N6O. The first-order valence-electron chi connectivity index (χ1n) is 18.9. The first-order chi connectivity index (χ1) is 26.8. The first-order valence-corrected chi connectivity index (χ1v) is 21.3. The number of ketones is 1. The van der Waals surface area contributed by atoms with Crippen LogP contribution in [-0.4, -0.2) is 49.8 Å². The van der Waals surface area contributed by atoms with E-state index in [0.29, 0.717) is 24.7 Å². The number of rotatable bonds is 3. The molecule has 4 heterocycles. The van der Waals surface area contributed by atoms with Gasteiger partial charge in [0.25, 0.3) is 0 Å². The quantitative estimate of drug-likeness (QED) is 0.165. The zero-order valence-electron chi connectivity index (χ0n) is 30.4. The van der Waals surface area contributed by atoms with Crippen LogP contribution in [0, 0.1) is 0 Å². The van der Waals surface area contributed by atoms with E-state index in [9.17, 15) is 4.79 Å². The highest BCUT2D eigenvalue weighted by Crippen LogP contribution is 2.34. The van der Waals surface area contributed by atoms with E-state index in [2.05, 4.69) is 81.3 Å². The van der Waals surface area contributed by atoms with E-state index in [1.807, 2.05) is 60.7 Å². The summed E-state index contributed by atoms with van der Waals surface area (Å²) in [6.07, 6.45) is 7.72. The van der Waals surface area contributed by atoms with E-state index in [4.69, 9.17) is 28.2 Å². The minimum atomic E-state index is 0.356. The normalized spacial score (nSPS) is 17.4. The Hall–Kier alpha value is -3.57. The van der Waals surface area contributed by atoms with Gasteiger partial charge in [0.15, 0.2) is 0 Å². The van der Waals surface area contributed by atoms with Gasteiger partial charge in [0, 0.05) is 78.0 Å². The van der Waals surface area contributed by atoms with E-state index in [1.54, 1.807) is 0 Å². The second-order valence-electron chi connectivity index (χ2n) is 14.5. The van der Waals surface area contributed by atoms with Crippen LogP contribution >= 0.6 is 55.1 Å². The molecule has 0 amide bonds. The van der Waals surface area contributed by atoms with Crippen molar-refractivity contribution in [3.8, 4) is 22.8 Å². The minimum absolute atomic E-state index is 0.356. The lowest BCUT2D eigenvalue weighted by molar-refractivity contribution is -0.118. The number of carbonyl (C=O) groups excluding carboxylic acids is 1. The third-order valence-corrected chi connectivity index (χ3v) is 13.2. The third kappa shape index (κ3) is 8.73. The number of fused-ring (bicyclic) bond motifs is 4. The Morgan fingerprint density at radius 1 is 0.673 bits per heavy atom. The van der Waals surface area contributed by atoms with Crippen molar-refractivity contribution in [2.45, 2.75) is 70.5 Å². The molecule has 7 nitrogen and oxygen atoms in total. The fourth-order valence-corrected chi connectivity index (χ4v) is 9.61. The summed E-state index contributed by atoms with van der Waals surface area (Å²) in [6.45, 7) is 3.88. The lowest BCUT2D eigenvalue weighted by Gasteiger charge is -2.37. The smallest absolute Gasteiger partial charge is 0.139 e. The number of Topliss-reactive ketones (excluding diaryl/α,β-unsaturated/α-hetero) is 1. The number of carbonyl (C=O) groups is 1. The fraction of sp³-hybridized carbons (Fsp3) is 0.295. The maximum atomic E-state index is 11.2. The molecule has 0 fully saturated rings. The number of nitrogens with one attached hydrogen (secondary N) is 3. The van der Waals surface area contributed by atoms with Crippen molar-refractivity contribution in [1.29, 1.82) is 0 Å².